The minimum absolute atomic E-state index is 0.0222. The highest BCUT2D eigenvalue weighted by atomic mass is 16.4. The number of aliphatic hydroxyl groups is 2. The molecule has 6 nitrogen and oxygen atoms in total. The van der Waals surface area contributed by atoms with Crippen LogP contribution in [0.3, 0.4) is 0 Å². The first-order valence-corrected chi connectivity index (χ1v) is 4.36. The first-order chi connectivity index (χ1) is 7.49. The summed E-state index contributed by atoms with van der Waals surface area (Å²) in [5, 5.41) is 35.8. The fraction of sp³-hybridized carbons (Fsp3) is 0.200. The molecule has 84 valence electrons. The predicted octanol–water partition coefficient (Wildman–Crippen LogP) is -0.115. The minimum atomic E-state index is -1.65. The number of nitriles is 1. The first kappa shape index (κ1) is 12.0. The van der Waals surface area contributed by atoms with Crippen LogP contribution in [-0.4, -0.2) is 27.4 Å². The maximum Gasteiger partial charge on any atom is 0.337 e. The van der Waals surface area contributed by atoms with E-state index in [-0.39, 0.29) is 16.8 Å². The van der Waals surface area contributed by atoms with Gasteiger partial charge in [-0.1, -0.05) is 12.1 Å². The molecule has 0 aliphatic heterocycles. The molecule has 6 heteroatoms. The summed E-state index contributed by atoms with van der Waals surface area (Å²) >= 11 is 0. The topological polar surface area (TPSA) is 128 Å². The van der Waals surface area contributed by atoms with Crippen molar-refractivity contribution in [2.75, 3.05) is 5.73 Å². The highest BCUT2D eigenvalue weighted by molar-refractivity contribution is 5.94. The third-order valence-electron chi connectivity index (χ3n) is 2.12. The van der Waals surface area contributed by atoms with Crippen molar-refractivity contribution >= 4 is 11.7 Å². The van der Waals surface area contributed by atoms with E-state index in [0.29, 0.717) is 0 Å². The normalized spacial score (nSPS) is 13.8. The van der Waals surface area contributed by atoms with Gasteiger partial charge in [0.25, 0.3) is 0 Å². The Bertz CT molecular complexity index is 453. The monoisotopic (exact) mass is 222 g/mol. The molecule has 0 aliphatic carbocycles. The maximum atomic E-state index is 10.7. The largest absolute Gasteiger partial charge is 0.478 e. The zero-order valence-corrected chi connectivity index (χ0v) is 8.16. The quantitative estimate of drug-likeness (QED) is 0.417. The van der Waals surface area contributed by atoms with Gasteiger partial charge in [0.05, 0.1) is 17.3 Å². The number of carboxylic acid groups (broad SMARTS) is 1. The molecule has 0 amide bonds. The van der Waals surface area contributed by atoms with E-state index in [2.05, 4.69) is 0 Å². The summed E-state index contributed by atoms with van der Waals surface area (Å²) in [6.45, 7) is 0. The van der Waals surface area contributed by atoms with Crippen LogP contribution in [0.1, 0.15) is 22.0 Å². The van der Waals surface area contributed by atoms with Gasteiger partial charge in [-0.25, -0.2) is 4.79 Å². The molecule has 0 aliphatic rings. The Morgan fingerprint density at radius 1 is 1.44 bits per heavy atom. The van der Waals surface area contributed by atoms with Crippen molar-refractivity contribution in [3.63, 3.8) is 0 Å². The minimum Gasteiger partial charge on any atom is -0.478 e. The van der Waals surface area contributed by atoms with Crippen molar-refractivity contribution in [3.05, 3.63) is 29.3 Å². The third kappa shape index (κ3) is 2.11. The van der Waals surface area contributed by atoms with Gasteiger partial charge in [-0.15, -0.1) is 0 Å². The highest BCUT2D eigenvalue weighted by Gasteiger charge is 2.22. The Morgan fingerprint density at radius 3 is 2.56 bits per heavy atom. The van der Waals surface area contributed by atoms with Crippen molar-refractivity contribution in [3.8, 4) is 6.07 Å². The summed E-state index contributed by atoms with van der Waals surface area (Å²) in [6, 6.07) is 5.44. The first-order valence-electron chi connectivity index (χ1n) is 4.36. The van der Waals surface area contributed by atoms with E-state index in [0.717, 1.165) is 0 Å². The number of hydrogen-bond donors (Lipinski definition) is 4. The SMILES string of the molecule is N#CC(O)C(O)c1cccc(C(=O)O)c1N. The summed E-state index contributed by atoms with van der Waals surface area (Å²) in [5.74, 6) is -1.24. The zero-order chi connectivity index (χ0) is 12.3. The van der Waals surface area contributed by atoms with Gasteiger partial charge >= 0.3 is 5.97 Å². The number of benzene rings is 1. The van der Waals surface area contributed by atoms with Gasteiger partial charge in [0.1, 0.15) is 6.10 Å². The van der Waals surface area contributed by atoms with Crippen LogP contribution in [0.5, 0.6) is 0 Å². The summed E-state index contributed by atoms with van der Waals surface area (Å²) in [4.78, 5) is 10.7. The third-order valence-corrected chi connectivity index (χ3v) is 2.12. The van der Waals surface area contributed by atoms with Gasteiger partial charge in [0.15, 0.2) is 6.10 Å². The lowest BCUT2D eigenvalue weighted by Crippen LogP contribution is -2.18. The molecule has 0 aromatic heterocycles. The number of hydrogen-bond acceptors (Lipinski definition) is 5. The average Bonchev–Trinajstić information content (AvgIpc) is 2.27. The van der Waals surface area contributed by atoms with Crippen LogP contribution in [0.25, 0.3) is 0 Å². The average molecular weight is 222 g/mol. The summed E-state index contributed by atoms with van der Waals surface area (Å²) in [7, 11) is 0. The van der Waals surface area contributed by atoms with Gasteiger partial charge in [-0.3, -0.25) is 0 Å². The molecular formula is C10H10N2O4. The molecular weight excluding hydrogens is 212 g/mol. The molecule has 0 saturated carbocycles. The van der Waals surface area contributed by atoms with Crippen LogP contribution in [0, 0.1) is 11.3 Å². The van der Waals surface area contributed by atoms with Gasteiger partial charge in [0.2, 0.25) is 0 Å². The molecule has 5 N–H and O–H groups in total. The van der Waals surface area contributed by atoms with Crippen LogP contribution in [0.4, 0.5) is 5.69 Å². The fourth-order valence-corrected chi connectivity index (χ4v) is 1.27. The van der Waals surface area contributed by atoms with Crippen molar-refractivity contribution in [2.24, 2.45) is 0 Å². The maximum absolute atomic E-state index is 10.7. The number of aliphatic hydroxyl groups excluding tert-OH is 2. The Labute approximate surface area is 91.2 Å². The molecule has 2 unspecified atom stereocenters. The standard InChI is InChI=1S/C10H10N2O4/c11-4-7(13)9(14)5-2-1-3-6(8(5)12)10(15)16/h1-3,7,9,13-14H,12H2,(H,15,16). The number of para-hydroxylation sites is 1. The highest BCUT2D eigenvalue weighted by Crippen LogP contribution is 2.26. The molecule has 0 saturated heterocycles. The molecule has 1 aromatic rings. The van der Waals surface area contributed by atoms with Crippen LogP contribution >= 0.6 is 0 Å². The molecule has 0 heterocycles. The predicted molar refractivity (Wildman–Crippen MR) is 54.4 cm³/mol. The lowest BCUT2D eigenvalue weighted by atomic mass is 10.00. The van der Waals surface area contributed by atoms with Crippen LogP contribution in [0.15, 0.2) is 18.2 Å². The van der Waals surface area contributed by atoms with Crippen LogP contribution < -0.4 is 5.73 Å². The number of aromatic carboxylic acids is 1. The molecule has 1 aromatic carbocycles. The van der Waals surface area contributed by atoms with Crippen LogP contribution in [0.2, 0.25) is 0 Å². The number of nitrogens with two attached hydrogens (primary N) is 1. The van der Waals surface area contributed by atoms with E-state index in [1.54, 1.807) is 0 Å². The number of carbonyl (C=O) groups is 1. The molecule has 0 spiro atoms. The molecule has 0 fully saturated rings. The van der Waals surface area contributed by atoms with Crippen LogP contribution in [-0.2, 0) is 0 Å². The van der Waals surface area contributed by atoms with Crippen molar-refractivity contribution in [2.45, 2.75) is 12.2 Å². The lowest BCUT2D eigenvalue weighted by molar-refractivity contribution is 0.0531. The van der Waals surface area contributed by atoms with E-state index in [1.807, 2.05) is 0 Å². The number of rotatable bonds is 3. The lowest BCUT2D eigenvalue weighted by Gasteiger charge is -2.15. The molecule has 0 bridgehead atoms. The van der Waals surface area contributed by atoms with E-state index >= 15 is 0 Å². The summed E-state index contributed by atoms with van der Waals surface area (Å²) in [6.07, 6.45) is -3.17. The van der Waals surface area contributed by atoms with E-state index in [4.69, 9.17) is 21.2 Å². The van der Waals surface area contributed by atoms with Gasteiger partial charge in [-0.2, -0.15) is 5.26 Å². The fourth-order valence-electron chi connectivity index (χ4n) is 1.27. The number of nitrogen functional groups attached to an aromatic ring is 1. The van der Waals surface area contributed by atoms with Crippen molar-refractivity contribution in [1.29, 1.82) is 5.26 Å². The van der Waals surface area contributed by atoms with E-state index < -0.39 is 18.2 Å². The Morgan fingerprint density at radius 2 is 2.06 bits per heavy atom. The van der Waals surface area contributed by atoms with Gasteiger partial charge in [-0.05, 0) is 6.07 Å². The van der Waals surface area contributed by atoms with Gasteiger partial charge in [0, 0.05) is 5.56 Å². The van der Waals surface area contributed by atoms with Crippen molar-refractivity contribution in [1.82, 2.24) is 0 Å². The van der Waals surface area contributed by atoms with E-state index in [1.165, 1.54) is 24.3 Å². The second-order valence-electron chi connectivity index (χ2n) is 3.13. The Kier molecular flexibility index (Phi) is 3.45. The second-order valence-corrected chi connectivity index (χ2v) is 3.13. The molecule has 1 rings (SSSR count). The summed E-state index contributed by atoms with van der Waals surface area (Å²) in [5.41, 5.74) is 5.20. The van der Waals surface area contributed by atoms with Crippen molar-refractivity contribution < 1.29 is 20.1 Å². The molecule has 2 atom stereocenters. The smallest absolute Gasteiger partial charge is 0.337 e. The van der Waals surface area contributed by atoms with E-state index in [9.17, 15) is 9.90 Å². The zero-order valence-electron chi connectivity index (χ0n) is 8.16. The van der Waals surface area contributed by atoms with Gasteiger partial charge < -0.3 is 21.1 Å². The molecule has 16 heavy (non-hydrogen) atoms. The Balaban J connectivity index is 3.21. The number of anilines is 1. The number of carboxylic acids is 1. The second kappa shape index (κ2) is 4.61. The molecule has 0 radical (unpaired) electrons. The summed E-state index contributed by atoms with van der Waals surface area (Å²) < 4.78 is 0. The number of nitrogens with zero attached hydrogens (tertiary/aromatic N) is 1. The Hall–Kier alpha value is -2.10.